The molecular formula is C13H19N3OS. The van der Waals surface area contributed by atoms with Crippen molar-refractivity contribution in [3.05, 3.63) is 35.4 Å². The van der Waals surface area contributed by atoms with E-state index in [4.69, 9.17) is 5.84 Å². The molecule has 0 spiro atoms. The molecule has 0 bridgehead atoms. The number of hydrogen-bond acceptors (Lipinski definition) is 4. The zero-order valence-corrected chi connectivity index (χ0v) is 11.4. The summed E-state index contributed by atoms with van der Waals surface area (Å²) in [6.07, 6.45) is 0. The van der Waals surface area contributed by atoms with Gasteiger partial charge in [-0.3, -0.25) is 15.1 Å². The zero-order valence-electron chi connectivity index (χ0n) is 10.6. The number of carbonyl (C=O) groups is 1. The van der Waals surface area contributed by atoms with E-state index in [9.17, 15) is 4.79 Å². The highest BCUT2D eigenvalue weighted by Gasteiger charge is 2.18. The van der Waals surface area contributed by atoms with Crippen LogP contribution < -0.4 is 11.3 Å². The number of nitrogens with one attached hydrogen (secondary N) is 1. The monoisotopic (exact) mass is 265 g/mol. The van der Waals surface area contributed by atoms with E-state index < -0.39 is 0 Å². The van der Waals surface area contributed by atoms with Gasteiger partial charge in [-0.15, -0.1) is 0 Å². The highest BCUT2D eigenvalue weighted by molar-refractivity contribution is 7.99. The maximum Gasteiger partial charge on any atom is 0.265 e. The predicted octanol–water partition coefficient (Wildman–Crippen LogP) is 1.23. The summed E-state index contributed by atoms with van der Waals surface area (Å²) < 4.78 is 0. The molecule has 0 saturated carbocycles. The SMILES string of the molecule is CC1CSCCN1Cc1ccc(C(=O)NN)cc1. The Morgan fingerprint density at radius 2 is 2.22 bits per heavy atom. The van der Waals surface area contributed by atoms with Gasteiger partial charge in [0.2, 0.25) is 0 Å². The van der Waals surface area contributed by atoms with E-state index in [0.29, 0.717) is 11.6 Å². The molecule has 5 heteroatoms. The van der Waals surface area contributed by atoms with Crippen molar-refractivity contribution in [2.45, 2.75) is 19.5 Å². The van der Waals surface area contributed by atoms with Gasteiger partial charge in [0.25, 0.3) is 5.91 Å². The second-order valence-electron chi connectivity index (χ2n) is 4.56. The van der Waals surface area contributed by atoms with Crippen molar-refractivity contribution in [1.29, 1.82) is 0 Å². The van der Waals surface area contributed by atoms with Gasteiger partial charge in [-0.25, -0.2) is 5.84 Å². The quantitative estimate of drug-likeness (QED) is 0.490. The maximum atomic E-state index is 11.3. The Hall–Kier alpha value is -1.04. The molecule has 2 rings (SSSR count). The second kappa shape index (κ2) is 6.22. The molecule has 1 aromatic carbocycles. The summed E-state index contributed by atoms with van der Waals surface area (Å²) in [4.78, 5) is 13.8. The molecule has 0 aliphatic carbocycles. The van der Waals surface area contributed by atoms with Crippen LogP contribution in [0.5, 0.6) is 0 Å². The van der Waals surface area contributed by atoms with Crippen molar-refractivity contribution < 1.29 is 4.79 Å². The van der Waals surface area contributed by atoms with Crippen LogP contribution >= 0.6 is 11.8 Å². The largest absolute Gasteiger partial charge is 0.295 e. The summed E-state index contributed by atoms with van der Waals surface area (Å²) >= 11 is 2.02. The molecule has 1 saturated heterocycles. The first-order valence-electron chi connectivity index (χ1n) is 6.12. The number of nitrogen functional groups attached to an aromatic ring is 1. The Morgan fingerprint density at radius 3 is 2.83 bits per heavy atom. The van der Waals surface area contributed by atoms with E-state index in [1.54, 1.807) is 0 Å². The van der Waals surface area contributed by atoms with Crippen molar-refractivity contribution >= 4 is 17.7 Å². The molecule has 4 nitrogen and oxygen atoms in total. The van der Waals surface area contributed by atoms with E-state index in [1.165, 1.54) is 17.1 Å². The Bertz CT molecular complexity index is 407. The average Bonchev–Trinajstić information content (AvgIpc) is 2.41. The zero-order chi connectivity index (χ0) is 13.0. The molecule has 0 radical (unpaired) electrons. The Labute approximate surface area is 112 Å². The summed E-state index contributed by atoms with van der Waals surface area (Å²) in [5, 5.41) is 0. The summed E-state index contributed by atoms with van der Waals surface area (Å²) in [6, 6.07) is 8.26. The van der Waals surface area contributed by atoms with Crippen LogP contribution in [0.2, 0.25) is 0 Å². The summed E-state index contributed by atoms with van der Waals surface area (Å²) in [5.41, 5.74) is 3.98. The number of hydrazine groups is 1. The third-order valence-electron chi connectivity index (χ3n) is 3.24. The van der Waals surface area contributed by atoms with Gasteiger partial charge in [-0.1, -0.05) is 12.1 Å². The molecule has 1 atom stereocenters. The lowest BCUT2D eigenvalue weighted by molar-refractivity contribution is 0.0953. The van der Waals surface area contributed by atoms with Crippen LogP contribution in [0.4, 0.5) is 0 Å². The molecule has 0 aromatic heterocycles. The number of rotatable bonds is 3. The summed E-state index contributed by atoms with van der Waals surface area (Å²) in [5.74, 6) is 7.26. The second-order valence-corrected chi connectivity index (χ2v) is 5.71. The lowest BCUT2D eigenvalue weighted by Gasteiger charge is -2.32. The molecular weight excluding hydrogens is 246 g/mol. The van der Waals surface area contributed by atoms with Gasteiger partial charge in [0, 0.05) is 36.2 Å². The van der Waals surface area contributed by atoms with Crippen molar-refractivity contribution in [2.75, 3.05) is 18.1 Å². The van der Waals surface area contributed by atoms with E-state index in [1.807, 2.05) is 36.0 Å². The van der Waals surface area contributed by atoms with Gasteiger partial charge in [-0.05, 0) is 24.6 Å². The van der Waals surface area contributed by atoms with Crippen molar-refractivity contribution in [3.63, 3.8) is 0 Å². The highest BCUT2D eigenvalue weighted by atomic mass is 32.2. The highest BCUT2D eigenvalue weighted by Crippen LogP contribution is 2.18. The first kappa shape index (κ1) is 13.4. The van der Waals surface area contributed by atoms with E-state index >= 15 is 0 Å². The van der Waals surface area contributed by atoms with Crippen LogP contribution in [0, 0.1) is 0 Å². The minimum atomic E-state index is -0.246. The molecule has 1 aromatic rings. The third-order valence-corrected chi connectivity index (χ3v) is 4.43. The average molecular weight is 265 g/mol. The Morgan fingerprint density at radius 1 is 1.50 bits per heavy atom. The number of hydrogen-bond donors (Lipinski definition) is 2. The first-order valence-corrected chi connectivity index (χ1v) is 7.28. The fourth-order valence-corrected chi connectivity index (χ4v) is 3.16. The minimum absolute atomic E-state index is 0.246. The standard InChI is InChI=1S/C13H19N3OS/c1-10-9-18-7-6-16(10)8-11-2-4-12(5-3-11)13(17)15-14/h2-5,10H,6-9,14H2,1H3,(H,15,17). The molecule has 3 N–H and O–H groups in total. The van der Waals surface area contributed by atoms with Crippen LogP contribution in [0.3, 0.4) is 0 Å². The van der Waals surface area contributed by atoms with Crippen molar-refractivity contribution in [2.24, 2.45) is 5.84 Å². The van der Waals surface area contributed by atoms with Crippen LogP contribution in [0.15, 0.2) is 24.3 Å². The van der Waals surface area contributed by atoms with Crippen LogP contribution in [-0.2, 0) is 6.54 Å². The van der Waals surface area contributed by atoms with Crippen molar-refractivity contribution in [3.8, 4) is 0 Å². The maximum absolute atomic E-state index is 11.3. The molecule has 1 unspecified atom stereocenters. The molecule has 18 heavy (non-hydrogen) atoms. The topological polar surface area (TPSA) is 58.4 Å². The fourth-order valence-electron chi connectivity index (χ4n) is 2.08. The van der Waals surface area contributed by atoms with E-state index in [-0.39, 0.29) is 5.91 Å². The van der Waals surface area contributed by atoms with Crippen LogP contribution in [-0.4, -0.2) is 34.9 Å². The smallest absolute Gasteiger partial charge is 0.265 e. The van der Waals surface area contributed by atoms with Crippen LogP contribution in [0.25, 0.3) is 0 Å². The number of nitrogens with zero attached hydrogens (tertiary/aromatic N) is 1. The number of thioether (sulfide) groups is 1. The first-order chi connectivity index (χ1) is 8.70. The molecule has 1 aliphatic rings. The number of benzene rings is 1. The number of nitrogens with two attached hydrogens (primary N) is 1. The lowest BCUT2D eigenvalue weighted by Crippen LogP contribution is -2.39. The molecule has 1 amide bonds. The Balaban J connectivity index is 1.99. The van der Waals surface area contributed by atoms with Crippen LogP contribution in [0.1, 0.15) is 22.8 Å². The summed E-state index contributed by atoms with van der Waals surface area (Å²) in [6.45, 7) is 4.35. The third kappa shape index (κ3) is 3.25. The number of amides is 1. The number of carbonyl (C=O) groups excluding carboxylic acids is 1. The molecule has 1 fully saturated rings. The van der Waals surface area contributed by atoms with Gasteiger partial charge in [0.1, 0.15) is 0 Å². The van der Waals surface area contributed by atoms with Crippen molar-refractivity contribution in [1.82, 2.24) is 10.3 Å². The fraction of sp³-hybridized carbons (Fsp3) is 0.462. The summed E-state index contributed by atoms with van der Waals surface area (Å²) in [7, 11) is 0. The molecule has 1 heterocycles. The molecule has 98 valence electrons. The molecule has 1 aliphatic heterocycles. The van der Waals surface area contributed by atoms with E-state index in [2.05, 4.69) is 17.2 Å². The van der Waals surface area contributed by atoms with Gasteiger partial charge in [-0.2, -0.15) is 11.8 Å². The van der Waals surface area contributed by atoms with Gasteiger partial charge >= 0.3 is 0 Å². The predicted molar refractivity (Wildman–Crippen MR) is 75.3 cm³/mol. The minimum Gasteiger partial charge on any atom is -0.295 e. The lowest BCUT2D eigenvalue weighted by atomic mass is 10.1. The van der Waals surface area contributed by atoms with E-state index in [0.717, 1.165) is 13.1 Å². The van der Waals surface area contributed by atoms with Gasteiger partial charge < -0.3 is 0 Å². The Kier molecular flexibility index (Phi) is 4.63. The van der Waals surface area contributed by atoms with Gasteiger partial charge in [0.15, 0.2) is 0 Å². The normalized spacial score (nSPS) is 20.7. The van der Waals surface area contributed by atoms with Gasteiger partial charge in [0.05, 0.1) is 0 Å².